The highest BCUT2D eigenvalue weighted by Gasteiger charge is 2.54. The molecule has 29 heteroatoms. The maximum atomic E-state index is 12.5. The van der Waals surface area contributed by atoms with Crippen LogP contribution in [0.4, 0.5) is 0 Å². The first kappa shape index (κ1) is 62.7. The predicted molar refractivity (Wildman–Crippen MR) is 245 cm³/mol. The summed E-state index contributed by atoms with van der Waals surface area (Å²) in [6.07, 6.45) is -25.9. The van der Waals surface area contributed by atoms with Crippen LogP contribution in [0.2, 0.25) is 0 Å². The van der Waals surface area contributed by atoms with Gasteiger partial charge in [-0.15, -0.1) is 0 Å². The van der Waals surface area contributed by atoms with Gasteiger partial charge in [-0.05, 0) is 6.42 Å². The van der Waals surface area contributed by atoms with Gasteiger partial charge in [0.25, 0.3) is 6.47 Å². The van der Waals surface area contributed by atoms with Gasteiger partial charge in [0.1, 0.15) is 73.8 Å². The number of carboxylic acid groups (broad SMARTS) is 1. The van der Waals surface area contributed by atoms with Crippen LogP contribution in [0.5, 0.6) is 0 Å². The Morgan fingerprint density at radius 2 is 1.00 bits per heavy atom. The van der Waals surface area contributed by atoms with Crippen molar-refractivity contribution in [1.82, 2.24) is 0 Å². The molecule has 0 spiro atoms. The number of methoxy groups -OCH3 is 1. The first-order valence-electron chi connectivity index (χ1n) is 25.4. The summed E-state index contributed by atoms with van der Waals surface area (Å²) in [5.41, 5.74) is 0. The van der Waals surface area contributed by atoms with Crippen molar-refractivity contribution < 1.29 is 142 Å². The lowest BCUT2D eigenvalue weighted by molar-refractivity contribution is -0.429. The molecule has 0 radical (unpaired) electrons. The quantitative estimate of drug-likeness (QED) is 0.0283. The van der Waals surface area contributed by atoms with Gasteiger partial charge in [-0.2, -0.15) is 0 Å². The average Bonchev–Trinajstić information content (AvgIpc) is 3.40. The fraction of sp³-hybridized carbons (Fsp3) is 0.936. The summed E-state index contributed by atoms with van der Waals surface area (Å²) >= 11 is 0. The molecule has 29 nitrogen and oxygen atoms in total. The minimum absolute atomic E-state index is 0.0124. The number of hydrogen-bond acceptors (Lipinski definition) is 28. The highest BCUT2D eigenvalue weighted by Crippen LogP contribution is 2.37. The third kappa shape index (κ3) is 14.9. The van der Waals surface area contributed by atoms with E-state index in [-0.39, 0.29) is 46.1 Å². The van der Waals surface area contributed by atoms with Crippen LogP contribution in [0, 0.1) is 29.6 Å². The minimum Gasteiger partial charge on any atom is -0.479 e. The molecule has 6 rings (SSSR count). The lowest BCUT2D eigenvalue weighted by Gasteiger charge is -2.48. The van der Waals surface area contributed by atoms with E-state index < -0.39 is 216 Å². The Kier molecular flexibility index (Phi) is 23.7. The maximum Gasteiger partial charge on any atom is 0.333 e. The smallest absolute Gasteiger partial charge is 0.333 e. The van der Waals surface area contributed by atoms with Gasteiger partial charge in [0.15, 0.2) is 6.10 Å². The molecule has 0 aromatic carbocycles. The summed E-state index contributed by atoms with van der Waals surface area (Å²) in [5, 5.41) is 130. The van der Waals surface area contributed by atoms with Crippen molar-refractivity contribution in [1.29, 1.82) is 0 Å². The number of aliphatic hydroxyl groups is 11. The Hall–Kier alpha value is -2.51. The largest absolute Gasteiger partial charge is 0.479 e. The normalized spacial score (nSPS) is 44.9. The van der Waals surface area contributed by atoms with Crippen LogP contribution in [0.25, 0.3) is 0 Å². The topological polar surface area (TPSA) is 423 Å². The summed E-state index contributed by atoms with van der Waals surface area (Å²) in [4.78, 5) is 35.1. The molecule has 12 N–H and O–H groups in total. The highest BCUT2D eigenvalue weighted by molar-refractivity contribution is 5.73. The van der Waals surface area contributed by atoms with E-state index >= 15 is 0 Å². The van der Waals surface area contributed by atoms with E-state index in [4.69, 9.17) is 66.3 Å². The van der Waals surface area contributed by atoms with Gasteiger partial charge in [0.2, 0.25) is 0 Å². The predicted octanol–water partition coefficient (Wildman–Crippen LogP) is -6.83. The van der Waals surface area contributed by atoms with Crippen LogP contribution in [0.1, 0.15) is 27.2 Å². The summed E-state index contributed by atoms with van der Waals surface area (Å²) in [5.74, 6) is -8.79. The molecule has 440 valence electrons. The van der Waals surface area contributed by atoms with Crippen LogP contribution in [0.15, 0.2) is 0 Å². The van der Waals surface area contributed by atoms with Gasteiger partial charge in [0.05, 0.1) is 128 Å². The van der Waals surface area contributed by atoms with Crippen LogP contribution >= 0.6 is 0 Å². The number of rotatable bonds is 26. The number of carbonyl (C=O) groups excluding carboxylic acids is 2. The Morgan fingerprint density at radius 3 is 1.55 bits per heavy atom. The Labute approximate surface area is 437 Å². The van der Waals surface area contributed by atoms with E-state index in [0.717, 1.165) is 6.92 Å². The number of ether oxygens (including phenoxy) is 14. The first-order valence-corrected chi connectivity index (χ1v) is 25.4. The lowest BCUT2D eigenvalue weighted by Crippen LogP contribution is -2.66. The molecule has 0 amide bonds. The number of aliphatic hydroxyl groups excluding tert-OH is 11. The van der Waals surface area contributed by atoms with Gasteiger partial charge < -0.3 is 128 Å². The van der Waals surface area contributed by atoms with Gasteiger partial charge in [-0.1, -0.05) is 6.92 Å². The molecule has 6 aliphatic rings. The van der Waals surface area contributed by atoms with E-state index in [1.807, 2.05) is 0 Å². The van der Waals surface area contributed by atoms with E-state index in [2.05, 4.69) is 0 Å². The third-order valence-corrected chi connectivity index (χ3v) is 15.2. The van der Waals surface area contributed by atoms with E-state index in [1.165, 1.54) is 14.0 Å². The van der Waals surface area contributed by atoms with Crippen molar-refractivity contribution in [3.63, 3.8) is 0 Å². The van der Waals surface area contributed by atoms with Crippen LogP contribution < -0.4 is 0 Å². The molecule has 6 heterocycles. The average molecular weight is 1110 g/mol. The third-order valence-electron chi connectivity index (χ3n) is 15.2. The fourth-order valence-electron chi connectivity index (χ4n) is 10.8. The van der Waals surface area contributed by atoms with Gasteiger partial charge in [0, 0.05) is 50.5 Å². The molecule has 0 bridgehead atoms. The molecule has 0 aliphatic carbocycles. The zero-order chi connectivity index (χ0) is 55.6. The molecule has 6 aliphatic heterocycles. The summed E-state index contributed by atoms with van der Waals surface area (Å²) in [7, 11) is 1.41. The van der Waals surface area contributed by atoms with Crippen LogP contribution in [0.3, 0.4) is 0 Å². The zero-order valence-electron chi connectivity index (χ0n) is 42.7. The second-order valence-electron chi connectivity index (χ2n) is 20.2. The van der Waals surface area contributed by atoms with Crippen molar-refractivity contribution in [2.24, 2.45) is 29.6 Å². The minimum atomic E-state index is -1.84. The number of carboxylic acids is 1. The van der Waals surface area contributed by atoms with Gasteiger partial charge in [-0.25, -0.2) is 4.79 Å². The number of aliphatic carboxylic acids is 1. The molecule has 0 saturated carbocycles. The van der Waals surface area contributed by atoms with Crippen molar-refractivity contribution in [2.75, 3.05) is 93.0 Å². The number of hydrogen-bond donors (Lipinski definition) is 12. The molecular formula is C47H78O29. The second kappa shape index (κ2) is 28.8. The highest BCUT2D eigenvalue weighted by atomic mass is 16.9. The number of fused-ring (bicyclic) bond motifs is 1. The van der Waals surface area contributed by atoms with Crippen molar-refractivity contribution >= 4 is 18.4 Å². The molecule has 0 aromatic heterocycles. The zero-order valence-corrected chi connectivity index (χ0v) is 42.7. The van der Waals surface area contributed by atoms with Crippen molar-refractivity contribution in [3.05, 3.63) is 0 Å². The number of esters is 1. The van der Waals surface area contributed by atoms with Crippen molar-refractivity contribution in [2.45, 2.75) is 155 Å². The molecule has 6 fully saturated rings. The molecular weight excluding hydrogens is 1030 g/mol. The SMILES string of the molecule is CC[C@@H]1OC(CO)[C@@H](COC[C@@H]2OC(CO)[C@@H](COC)[C@@H](O)C2O)[C@@H](COC[C@H]2OC(COC(C)=O)[C@@H](O)[C@@H](O)C2COC[C@@H]2OC(C(=O)O)[C@@H](COC[C@@H]3OC4COC(C)(OC=O)O[C@H]4[C@@H](O)C3O)[C@@H](O)C2O)C1O. The van der Waals surface area contributed by atoms with E-state index in [0.29, 0.717) is 6.42 Å². The molecule has 11 unspecified atom stereocenters. The summed E-state index contributed by atoms with van der Waals surface area (Å²) in [6.45, 7) is -0.242. The van der Waals surface area contributed by atoms with Gasteiger partial charge >= 0.3 is 17.9 Å². The maximum absolute atomic E-state index is 12.5. The van der Waals surface area contributed by atoms with Crippen molar-refractivity contribution in [3.8, 4) is 0 Å². The molecule has 76 heavy (non-hydrogen) atoms. The summed E-state index contributed by atoms with van der Waals surface area (Å²) < 4.78 is 79.1. The Bertz CT molecular complexity index is 1780. The Balaban J connectivity index is 1.06. The standard InChI is InChI=1S/C47H78O29/c1-5-26-35(52)22(21(27(6-48)71-26)9-64-14-30-39(56)36(53)23(8-63-4)28(7-49)72-30)10-65-13-29-24(37(54)41(58)33(73-29)17-68-20(2)51)11-66-16-32-40(57)38(55)25(44(75-32)46(61)62)12-67-15-31-42(59)43(60)45-34(74-31)18-69-47(3,76-45)70-19-50/h19,21-45,48-49,52-60H,5-18H2,1-4H3,(H,61,62)/t21-,22+,23+,24?,25-,26-,27?,28?,29+,30-,31-,32-,33?,34?,35?,36+,37-,38+,39?,40?,41+,42?,43-,44?,45+,47?/m0/s1. The number of carbonyl (C=O) groups is 3. The lowest BCUT2D eigenvalue weighted by atomic mass is 9.79. The second-order valence-corrected chi connectivity index (χ2v) is 20.2. The Morgan fingerprint density at radius 1 is 0.539 bits per heavy atom. The van der Waals surface area contributed by atoms with Gasteiger partial charge in [-0.3, -0.25) is 9.59 Å². The molecule has 0 aromatic rings. The van der Waals surface area contributed by atoms with E-state index in [1.54, 1.807) is 6.92 Å². The van der Waals surface area contributed by atoms with Crippen LogP contribution in [-0.2, 0) is 80.7 Å². The summed E-state index contributed by atoms with van der Waals surface area (Å²) in [6, 6.07) is 0. The van der Waals surface area contributed by atoms with Crippen LogP contribution in [-0.4, -0.2) is 301 Å². The fourth-order valence-corrected chi connectivity index (χ4v) is 10.8. The monoisotopic (exact) mass is 1110 g/mol. The molecule has 26 atom stereocenters. The van der Waals surface area contributed by atoms with E-state index in [9.17, 15) is 75.7 Å². The molecule has 6 saturated heterocycles. The first-order chi connectivity index (χ1) is 36.2.